The number of thiophene rings is 1. The maximum Gasteiger partial charge on any atom is 0.324 e. The lowest BCUT2D eigenvalue weighted by molar-refractivity contribution is -0.150. The van der Waals surface area contributed by atoms with E-state index in [1.54, 1.807) is 11.3 Å². The monoisotopic (exact) mass is 332 g/mol. The molecule has 0 aromatic carbocycles. The molecule has 1 aliphatic heterocycles. The van der Waals surface area contributed by atoms with E-state index in [-0.39, 0.29) is 12.0 Å². The molecule has 1 N–H and O–H groups in total. The second-order valence-corrected chi connectivity index (χ2v) is 6.09. The summed E-state index contributed by atoms with van der Waals surface area (Å²) in [6.07, 6.45) is 0. The van der Waals surface area contributed by atoms with Gasteiger partial charge >= 0.3 is 5.97 Å². The van der Waals surface area contributed by atoms with Crippen LogP contribution in [-0.4, -0.2) is 43.2 Å². The average Bonchev–Trinajstić information content (AvgIpc) is 2.76. The largest absolute Gasteiger partial charge is 0.465 e. The summed E-state index contributed by atoms with van der Waals surface area (Å²) < 4.78 is 6.23. The molecule has 0 amide bonds. The third kappa shape index (κ3) is 3.54. The number of nitrogens with zero attached hydrogens (tertiary/aromatic N) is 1. The normalized spacial score (nSPS) is 20.9. The van der Waals surface area contributed by atoms with Gasteiger partial charge in [-0.1, -0.05) is 0 Å². The molecule has 0 spiro atoms. The first-order valence-corrected chi connectivity index (χ1v) is 7.72. The number of ether oxygens (including phenoxy) is 1. The molecule has 1 unspecified atom stereocenters. The molecule has 0 saturated carbocycles. The average molecular weight is 333 g/mol. The van der Waals surface area contributed by atoms with E-state index in [2.05, 4.69) is 37.6 Å². The molecule has 4 nitrogen and oxygen atoms in total. The Kier molecular flexibility index (Phi) is 5.17. The van der Waals surface area contributed by atoms with Crippen LogP contribution in [0.4, 0.5) is 0 Å². The third-order valence-electron chi connectivity index (χ3n) is 2.89. The number of hydrogen-bond donors (Lipinski definition) is 1. The Bertz CT molecular complexity index is 411. The van der Waals surface area contributed by atoms with Gasteiger partial charge in [0.2, 0.25) is 0 Å². The van der Waals surface area contributed by atoms with E-state index >= 15 is 0 Å². The zero-order valence-corrected chi connectivity index (χ0v) is 12.7. The van der Waals surface area contributed by atoms with Crippen LogP contribution in [0.25, 0.3) is 0 Å². The number of nitrogens with one attached hydrogen (secondary N) is 1. The zero-order valence-electron chi connectivity index (χ0n) is 10.3. The molecule has 1 atom stereocenters. The van der Waals surface area contributed by atoms with Crippen LogP contribution in [0, 0.1) is 0 Å². The molecule has 2 rings (SSSR count). The molecule has 1 aliphatic rings. The van der Waals surface area contributed by atoms with Crippen molar-refractivity contribution >= 4 is 33.2 Å². The minimum Gasteiger partial charge on any atom is -0.465 e. The van der Waals surface area contributed by atoms with E-state index in [0.29, 0.717) is 13.2 Å². The molecule has 0 aliphatic carbocycles. The second-order valence-electron chi connectivity index (χ2n) is 4.17. The van der Waals surface area contributed by atoms with Crippen LogP contribution in [0.3, 0.4) is 0 Å². The SMILES string of the molecule is CCOC(=O)C1CNCCN1Cc1cc(Br)cs1. The molecular weight excluding hydrogens is 316 g/mol. The van der Waals surface area contributed by atoms with Gasteiger partial charge in [0.25, 0.3) is 0 Å². The number of carbonyl (C=O) groups is 1. The van der Waals surface area contributed by atoms with E-state index < -0.39 is 0 Å². The topological polar surface area (TPSA) is 41.6 Å². The van der Waals surface area contributed by atoms with Gasteiger partial charge in [-0.15, -0.1) is 11.3 Å². The van der Waals surface area contributed by atoms with Crippen molar-refractivity contribution < 1.29 is 9.53 Å². The fraction of sp³-hybridized carbons (Fsp3) is 0.583. The summed E-state index contributed by atoms with van der Waals surface area (Å²) in [6, 6.07) is 1.94. The Morgan fingerprint density at radius 2 is 2.56 bits per heavy atom. The van der Waals surface area contributed by atoms with Gasteiger partial charge in [0.15, 0.2) is 0 Å². The Hall–Kier alpha value is -0.430. The van der Waals surface area contributed by atoms with Gasteiger partial charge in [-0.05, 0) is 28.9 Å². The van der Waals surface area contributed by atoms with Crippen molar-refractivity contribution in [2.45, 2.75) is 19.5 Å². The van der Waals surface area contributed by atoms with Crippen molar-refractivity contribution in [1.82, 2.24) is 10.2 Å². The standard InChI is InChI=1S/C12H17BrN2O2S/c1-2-17-12(16)11-6-14-3-4-15(11)7-10-5-9(13)8-18-10/h5,8,11,14H,2-4,6-7H2,1H3. The third-order valence-corrected chi connectivity index (χ3v) is 4.58. The molecule has 0 bridgehead atoms. The first kappa shape index (κ1) is 14.0. The fourth-order valence-electron chi connectivity index (χ4n) is 2.04. The number of esters is 1. The first-order valence-electron chi connectivity index (χ1n) is 6.05. The predicted molar refractivity (Wildman–Crippen MR) is 75.7 cm³/mol. The smallest absolute Gasteiger partial charge is 0.324 e. The summed E-state index contributed by atoms with van der Waals surface area (Å²) in [5, 5.41) is 5.31. The van der Waals surface area contributed by atoms with Gasteiger partial charge in [-0.2, -0.15) is 0 Å². The Morgan fingerprint density at radius 3 is 3.22 bits per heavy atom. The van der Waals surface area contributed by atoms with Crippen LogP contribution in [0.15, 0.2) is 15.9 Å². The second kappa shape index (κ2) is 6.65. The van der Waals surface area contributed by atoms with Crippen molar-refractivity contribution in [3.8, 4) is 0 Å². The molecule has 1 saturated heterocycles. The summed E-state index contributed by atoms with van der Waals surface area (Å²) >= 11 is 5.16. The van der Waals surface area contributed by atoms with Gasteiger partial charge < -0.3 is 10.1 Å². The zero-order chi connectivity index (χ0) is 13.0. The maximum absolute atomic E-state index is 11.9. The molecule has 100 valence electrons. The van der Waals surface area contributed by atoms with E-state index in [0.717, 1.165) is 24.1 Å². The lowest BCUT2D eigenvalue weighted by Crippen LogP contribution is -2.54. The number of halogens is 1. The highest BCUT2D eigenvalue weighted by atomic mass is 79.9. The van der Waals surface area contributed by atoms with E-state index in [9.17, 15) is 4.79 Å². The van der Waals surface area contributed by atoms with E-state index in [4.69, 9.17) is 4.74 Å². The molecule has 2 heterocycles. The highest BCUT2D eigenvalue weighted by Crippen LogP contribution is 2.22. The van der Waals surface area contributed by atoms with Crippen LogP contribution in [0.2, 0.25) is 0 Å². The summed E-state index contributed by atoms with van der Waals surface area (Å²) in [4.78, 5) is 15.3. The van der Waals surface area contributed by atoms with Crippen LogP contribution in [-0.2, 0) is 16.1 Å². The van der Waals surface area contributed by atoms with Crippen LogP contribution < -0.4 is 5.32 Å². The van der Waals surface area contributed by atoms with Crippen molar-refractivity contribution in [2.75, 3.05) is 26.2 Å². The predicted octanol–water partition coefficient (Wildman–Crippen LogP) is 1.85. The molecule has 0 radical (unpaired) electrons. The Morgan fingerprint density at radius 1 is 1.72 bits per heavy atom. The van der Waals surface area contributed by atoms with Gasteiger partial charge in [-0.25, -0.2) is 0 Å². The van der Waals surface area contributed by atoms with E-state index in [1.807, 2.05) is 6.92 Å². The van der Waals surface area contributed by atoms with Crippen molar-refractivity contribution in [3.63, 3.8) is 0 Å². The summed E-state index contributed by atoms with van der Waals surface area (Å²) in [5.41, 5.74) is 0. The summed E-state index contributed by atoms with van der Waals surface area (Å²) in [7, 11) is 0. The molecule has 1 fully saturated rings. The summed E-state index contributed by atoms with van der Waals surface area (Å²) in [5.74, 6) is -0.125. The number of piperazine rings is 1. The number of hydrogen-bond acceptors (Lipinski definition) is 5. The highest BCUT2D eigenvalue weighted by Gasteiger charge is 2.29. The molecular formula is C12H17BrN2O2S. The fourth-order valence-corrected chi connectivity index (χ4v) is 3.52. The van der Waals surface area contributed by atoms with Crippen molar-refractivity contribution in [1.29, 1.82) is 0 Å². The van der Waals surface area contributed by atoms with Crippen molar-refractivity contribution in [3.05, 3.63) is 20.8 Å². The molecule has 1 aromatic heterocycles. The highest BCUT2D eigenvalue weighted by molar-refractivity contribution is 9.10. The lowest BCUT2D eigenvalue weighted by Gasteiger charge is -2.34. The number of rotatable bonds is 4. The van der Waals surface area contributed by atoms with Gasteiger partial charge in [0, 0.05) is 40.9 Å². The van der Waals surface area contributed by atoms with Crippen LogP contribution in [0.1, 0.15) is 11.8 Å². The maximum atomic E-state index is 11.9. The molecule has 1 aromatic rings. The quantitative estimate of drug-likeness (QED) is 0.854. The van der Waals surface area contributed by atoms with Crippen LogP contribution in [0.5, 0.6) is 0 Å². The van der Waals surface area contributed by atoms with E-state index in [1.165, 1.54) is 4.88 Å². The Labute approximate surface area is 119 Å². The lowest BCUT2D eigenvalue weighted by atomic mass is 10.2. The van der Waals surface area contributed by atoms with Gasteiger partial charge in [0.1, 0.15) is 6.04 Å². The minimum absolute atomic E-state index is 0.125. The minimum atomic E-state index is -0.167. The first-order chi connectivity index (χ1) is 8.70. The Balaban J connectivity index is 2.01. The number of carbonyl (C=O) groups excluding carboxylic acids is 1. The van der Waals surface area contributed by atoms with Gasteiger partial charge in [0.05, 0.1) is 6.61 Å². The van der Waals surface area contributed by atoms with Crippen LogP contribution >= 0.6 is 27.3 Å². The molecule has 18 heavy (non-hydrogen) atoms. The molecule has 6 heteroatoms. The van der Waals surface area contributed by atoms with Crippen molar-refractivity contribution in [2.24, 2.45) is 0 Å². The van der Waals surface area contributed by atoms with Gasteiger partial charge in [-0.3, -0.25) is 9.69 Å². The summed E-state index contributed by atoms with van der Waals surface area (Å²) in [6.45, 7) is 5.55.